The summed E-state index contributed by atoms with van der Waals surface area (Å²) in [6.07, 6.45) is 1.39. The minimum Gasteiger partial charge on any atom is -0.465 e. The summed E-state index contributed by atoms with van der Waals surface area (Å²) in [4.78, 5) is 15.9. The summed E-state index contributed by atoms with van der Waals surface area (Å²) in [5.74, 6) is -2.48. The van der Waals surface area contributed by atoms with Crippen LogP contribution in [0.25, 0.3) is 0 Å². The van der Waals surface area contributed by atoms with Gasteiger partial charge >= 0.3 is 5.97 Å². The number of hydrogen-bond acceptors (Lipinski definition) is 5. The molecule has 0 aliphatic heterocycles. The average Bonchev–Trinajstić information content (AvgIpc) is 2.44. The molecule has 0 bridgehead atoms. The maximum Gasteiger partial charge on any atom is 0.340 e. The van der Waals surface area contributed by atoms with Crippen LogP contribution >= 0.6 is 11.8 Å². The van der Waals surface area contributed by atoms with Gasteiger partial charge in [-0.1, -0.05) is 11.8 Å². The van der Waals surface area contributed by atoms with Gasteiger partial charge in [-0.25, -0.2) is 18.6 Å². The SMILES string of the molecule is COC(=O)c1ccnc(Sc2ccc(F)c(F)c2)c1N. The Morgan fingerprint density at radius 3 is 2.70 bits per heavy atom. The van der Waals surface area contributed by atoms with Crippen LogP contribution in [-0.2, 0) is 4.74 Å². The first kappa shape index (κ1) is 14.3. The molecule has 0 saturated heterocycles. The average molecular weight is 296 g/mol. The molecule has 4 nitrogen and oxygen atoms in total. The van der Waals surface area contributed by atoms with Gasteiger partial charge in [0.15, 0.2) is 11.6 Å². The zero-order valence-corrected chi connectivity index (χ0v) is 11.2. The predicted octanol–water partition coefficient (Wildman–Crippen LogP) is 2.88. The number of pyridine rings is 1. The number of carbonyl (C=O) groups excluding carboxylic acids is 1. The smallest absolute Gasteiger partial charge is 0.340 e. The van der Waals surface area contributed by atoms with Gasteiger partial charge in [0.05, 0.1) is 18.4 Å². The third kappa shape index (κ3) is 2.88. The van der Waals surface area contributed by atoms with Gasteiger partial charge in [-0.15, -0.1) is 0 Å². The lowest BCUT2D eigenvalue weighted by molar-refractivity contribution is 0.0601. The molecule has 0 aliphatic rings. The molecule has 0 aliphatic carbocycles. The largest absolute Gasteiger partial charge is 0.465 e. The summed E-state index contributed by atoms with van der Waals surface area (Å²) < 4.78 is 30.6. The third-order valence-electron chi connectivity index (χ3n) is 2.46. The first-order valence-electron chi connectivity index (χ1n) is 5.48. The summed E-state index contributed by atoms with van der Waals surface area (Å²) >= 11 is 1.03. The molecule has 0 radical (unpaired) electrons. The maximum atomic E-state index is 13.1. The molecule has 104 valence electrons. The van der Waals surface area contributed by atoms with Crippen LogP contribution in [0.1, 0.15) is 10.4 Å². The molecule has 0 spiro atoms. The van der Waals surface area contributed by atoms with Gasteiger partial charge in [0.2, 0.25) is 0 Å². The second-order valence-electron chi connectivity index (χ2n) is 3.75. The van der Waals surface area contributed by atoms with Crippen molar-refractivity contribution in [3.8, 4) is 0 Å². The summed E-state index contributed by atoms with van der Waals surface area (Å²) in [6, 6.07) is 4.87. The van der Waals surface area contributed by atoms with Crippen molar-refractivity contribution in [2.75, 3.05) is 12.8 Å². The fourth-order valence-electron chi connectivity index (χ4n) is 1.48. The van der Waals surface area contributed by atoms with E-state index in [4.69, 9.17) is 5.73 Å². The lowest BCUT2D eigenvalue weighted by atomic mass is 10.2. The van der Waals surface area contributed by atoms with Crippen molar-refractivity contribution >= 4 is 23.4 Å². The second-order valence-corrected chi connectivity index (χ2v) is 4.81. The van der Waals surface area contributed by atoms with Crippen LogP contribution in [0.3, 0.4) is 0 Å². The summed E-state index contributed by atoms with van der Waals surface area (Å²) in [5.41, 5.74) is 6.13. The Morgan fingerprint density at radius 1 is 1.30 bits per heavy atom. The van der Waals surface area contributed by atoms with E-state index >= 15 is 0 Å². The van der Waals surface area contributed by atoms with Gasteiger partial charge in [0.1, 0.15) is 5.03 Å². The highest BCUT2D eigenvalue weighted by Gasteiger charge is 2.15. The van der Waals surface area contributed by atoms with E-state index in [0.717, 1.165) is 23.9 Å². The number of nitrogen functional groups attached to an aromatic ring is 1. The number of esters is 1. The molecular weight excluding hydrogens is 286 g/mol. The fraction of sp³-hybridized carbons (Fsp3) is 0.0769. The van der Waals surface area contributed by atoms with E-state index in [1.807, 2.05) is 0 Å². The monoisotopic (exact) mass is 296 g/mol. The minimum atomic E-state index is -0.960. The predicted molar refractivity (Wildman–Crippen MR) is 70.5 cm³/mol. The lowest BCUT2D eigenvalue weighted by Gasteiger charge is -2.08. The van der Waals surface area contributed by atoms with Crippen molar-refractivity contribution in [2.24, 2.45) is 0 Å². The van der Waals surface area contributed by atoms with Gasteiger partial charge in [0, 0.05) is 11.1 Å². The number of ether oxygens (including phenoxy) is 1. The van der Waals surface area contributed by atoms with Gasteiger partial charge < -0.3 is 10.5 Å². The Balaban J connectivity index is 2.34. The highest BCUT2D eigenvalue weighted by molar-refractivity contribution is 7.99. The third-order valence-corrected chi connectivity index (χ3v) is 3.47. The van der Waals surface area contributed by atoms with Crippen LogP contribution in [0.15, 0.2) is 40.4 Å². The summed E-state index contributed by atoms with van der Waals surface area (Å²) in [6.45, 7) is 0. The second kappa shape index (κ2) is 5.87. The van der Waals surface area contributed by atoms with E-state index in [2.05, 4.69) is 9.72 Å². The zero-order valence-electron chi connectivity index (χ0n) is 10.4. The van der Waals surface area contributed by atoms with Gasteiger partial charge in [-0.05, 0) is 24.3 Å². The molecule has 7 heteroatoms. The lowest BCUT2D eigenvalue weighted by Crippen LogP contribution is -2.07. The van der Waals surface area contributed by atoms with E-state index in [-0.39, 0.29) is 11.3 Å². The number of methoxy groups -OCH3 is 1. The molecule has 2 rings (SSSR count). The van der Waals surface area contributed by atoms with Crippen LogP contribution in [-0.4, -0.2) is 18.1 Å². The Bertz CT molecular complexity index is 665. The van der Waals surface area contributed by atoms with Gasteiger partial charge in [0.25, 0.3) is 0 Å². The van der Waals surface area contributed by atoms with Crippen molar-refractivity contribution in [1.29, 1.82) is 0 Å². The van der Waals surface area contributed by atoms with E-state index in [1.165, 1.54) is 25.4 Å². The molecule has 0 unspecified atom stereocenters. The molecule has 1 heterocycles. The molecule has 1 aromatic heterocycles. The van der Waals surface area contributed by atoms with E-state index in [9.17, 15) is 13.6 Å². The number of aromatic nitrogens is 1. The van der Waals surface area contributed by atoms with E-state index in [0.29, 0.717) is 9.92 Å². The van der Waals surface area contributed by atoms with Crippen molar-refractivity contribution in [3.63, 3.8) is 0 Å². The number of nitrogens with zero attached hydrogens (tertiary/aromatic N) is 1. The molecule has 1 aromatic carbocycles. The number of hydrogen-bond donors (Lipinski definition) is 1. The Hall–Kier alpha value is -2.15. The number of anilines is 1. The fourth-order valence-corrected chi connectivity index (χ4v) is 2.33. The highest BCUT2D eigenvalue weighted by atomic mass is 32.2. The molecule has 2 N–H and O–H groups in total. The van der Waals surface area contributed by atoms with Crippen molar-refractivity contribution < 1.29 is 18.3 Å². The number of halogens is 2. The number of carbonyl (C=O) groups is 1. The zero-order chi connectivity index (χ0) is 14.7. The molecule has 0 fully saturated rings. The standard InChI is InChI=1S/C13H10F2N2O2S/c1-19-13(18)8-4-5-17-12(11(8)16)20-7-2-3-9(14)10(15)6-7/h2-6H,16H2,1H3. The first-order valence-corrected chi connectivity index (χ1v) is 6.30. The van der Waals surface area contributed by atoms with Crippen LogP contribution in [0.4, 0.5) is 14.5 Å². The first-order chi connectivity index (χ1) is 9.52. The van der Waals surface area contributed by atoms with Gasteiger partial charge in [-0.2, -0.15) is 0 Å². The Morgan fingerprint density at radius 2 is 2.05 bits per heavy atom. The molecule has 0 saturated carbocycles. The van der Waals surface area contributed by atoms with Crippen molar-refractivity contribution in [2.45, 2.75) is 9.92 Å². The quantitative estimate of drug-likeness (QED) is 0.882. The normalized spacial score (nSPS) is 10.3. The molecule has 20 heavy (non-hydrogen) atoms. The topological polar surface area (TPSA) is 65.2 Å². The van der Waals surface area contributed by atoms with Crippen molar-refractivity contribution in [3.05, 3.63) is 47.7 Å². The maximum absolute atomic E-state index is 13.1. The van der Waals surface area contributed by atoms with E-state index < -0.39 is 17.6 Å². The summed E-state index contributed by atoms with van der Waals surface area (Å²) in [7, 11) is 1.24. The Kier molecular flexibility index (Phi) is 4.19. The highest BCUT2D eigenvalue weighted by Crippen LogP contribution is 2.32. The minimum absolute atomic E-state index is 0.133. The number of nitrogens with two attached hydrogens (primary N) is 1. The molecule has 0 amide bonds. The van der Waals surface area contributed by atoms with Gasteiger partial charge in [-0.3, -0.25) is 0 Å². The molecule has 0 atom stereocenters. The van der Waals surface area contributed by atoms with Crippen molar-refractivity contribution in [1.82, 2.24) is 4.98 Å². The number of benzene rings is 1. The van der Waals surface area contributed by atoms with Crippen LogP contribution in [0.2, 0.25) is 0 Å². The Labute approximate surface area is 118 Å². The number of rotatable bonds is 3. The van der Waals surface area contributed by atoms with Crippen LogP contribution in [0, 0.1) is 11.6 Å². The summed E-state index contributed by atoms with van der Waals surface area (Å²) in [5, 5.41) is 0.318. The molecular formula is C13H10F2N2O2S. The van der Waals surface area contributed by atoms with E-state index in [1.54, 1.807) is 0 Å². The van der Waals surface area contributed by atoms with Crippen LogP contribution in [0.5, 0.6) is 0 Å². The molecule has 2 aromatic rings. The van der Waals surface area contributed by atoms with Crippen LogP contribution < -0.4 is 5.73 Å².